The highest BCUT2D eigenvalue weighted by Crippen LogP contribution is 2.21. The van der Waals surface area contributed by atoms with E-state index in [-0.39, 0.29) is 12.0 Å². The van der Waals surface area contributed by atoms with Crippen molar-refractivity contribution in [3.8, 4) is 0 Å². The maximum Gasteiger partial charge on any atom is 0.409 e. The number of carbonyl (C=O) groups is 2. The number of thiazole rings is 1. The molecule has 0 atom stereocenters. The lowest BCUT2D eigenvalue weighted by molar-refractivity contribution is 0.0566. The first-order valence-electron chi connectivity index (χ1n) is 8.01. The van der Waals surface area contributed by atoms with Gasteiger partial charge >= 0.3 is 6.09 Å². The maximum absolute atomic E-state index is 12.6. The Labute approximate surface area is 149 Å². The van der Waals surface area contributed by atoms with E-state index < -0.39 is 0 Å². The van der Waals surface area contributed by atoms with Crippen LogP contribution in [0.1, 0.15) is 17.4 Å². The molecule has 2 aromatic rings. The molecular formula is C16H19N5O3S. The number of nitrogens with zero attached hydrogens (tertiary/aromatic N) is 4. The number of hydrogen-bond acceptors (Lipinski definition) is 7. The molecule has 1 saturated heterocycles. The molecule has 3 heterocycles. The first kappa shape index (κ1) is 17.2. The van der Waals surface area contributed by atoms with Crippen molar-refractivity contribution in [2.45, 2.75) is 6.92 Å². The highest BCUT2D eigenvalue weighted by molar-refractivity contribution is 7.14. The number of rotatable bonds is 4. The third-order valence-corrected chi connectivity index (χ3v) is 4.49. The van der Waals surface area contributed by atoms with Crippen LogP contribution in [0.25, 0.3) is 0 Å². The Hall–Kier alpha value is -2.68. The predicted octanol–water partition coefficient (Wildman–Crippen LogP) is 2.20. The summed E-state index contributed by atoms with van der Waals surface area (Å²) in [5.74, 6) is -0.126. The van der Waals surface area contributed by atoms with Gasteiger partial charge in [0.2, 0.25) is 0 Å². The zero-order valence-electron chi connectivity index (χ0n) is 13.8. The van der Waals surface area contributed by atoms with Crippen molar-refractivity contribution in [2.75, 3.05) is 38.1 Å². The standard InChI is InChI=1S/C16H19N5O3S/c1-2-24-16(23)21-8-6-20(7-9-21)14(22)13-11-25-15(19-13)18-12-4-3-5-17-10-12/h3-5,10-11H,2,6-9H2,1H3,(H,18,19). The van der Waals surface area contributed by atoms with Gasteiger partial charge in [-0.25, -0.2) is 9.78 Å². The number of anilines is 2. The van der Waals surface area contributed by atoms with Crippen molar-refractivity contribution < 1.29 is 14.3 Å². The van der Waals surface area contributed by atoms with E-state index in [1.807, 2.05) is 12.1 Å². The van der Waals surface area contributed by atoms with Gasteiger partial charge in [-0.05, 0) is 19.1 Å². The van der Waals surface area contributed by atoms with Gasteiger partial charge in [-0.1, -0.05) is 0 Å². The number of ether oxygens (including phenoxy) is 1. The van der Waals surface area contributed by atoms with Crippen LogP contribution >= 0.6 is 11.3 Å². The highest BCUT2D eigenvalue weighted by Gasteiger charge is 2.26. The van der Waals surface area contributed by atoms with Gasteiger partial charge < -0.3 is 19.9 Å². The molecule has 1 aliphatic rings. The lowest BCUT2D eigenvalue weighted by atomic mass is 10.3. The molecule has 0 radical (unpaired) electrons. The molecule has 0 bridgehead atoms. The number of carbonyl (C=O) groups excluding carboxylic acids is 2. The molecule has 0 aliphatic carbocycles. The topological polar surface area (TPSA) is 87.7 Å². The maximum atomic E-state index is 12.6. The number of hydrogen-bond donors (Lipinski definition) is 1. The first-order chi connectivity index (χ1) is 12.2. The fraction of sp³-hybridized carbons (Fsp3) is 0.375. The molecule has 1 aliphatic heterocycles. The van der Waals surface area contributed by atoms with Crippen molar-refractivity contribution in [1.29, 1.82) is 0 Å². The van der Waals surface area contributed by atoms with E-state index in [1.165, 1.54) is 11.3 Å². The van der Waals surface area contributed by atoms with Gasteiger partial charge in [0.25, 0.3) is 5.91 Å². The van der Waals surface area contributed by atoms with Gasteiger partial charge in [-0.3, -0.25) is 9.78 Å². The molecule has 3 rings (SSSR count). The van der Waals surface area contributed by atoms with E-state index in [2.05, 4.69) is 15.3 Å². The van der Waals surface area contributed by atoms with Crippen molar-refractivity contribution in [3.05, 3.63) is 35.6 Å². The van der Waals surface area contributed by atoms with Crippen molar-refractivity contribution in [1.82, 2.24) is 19.8 Å². The van der Waals surface area contributed by atoms with Crippen LogP contribution in [0.15, 0.2) is 29.9 Å². The van der Waals surface area contributed by atoms with E-state index in [0.717, 1.165) is 5.69 Å². The number of amides is 2. The molecule has 132 valence electrons. The molecule has 8 nitrogen and oxygen atoms in total. The minimum atomic E-state index is -0.328. The molecule has 2 aromatic heterocycles. The summed E-state index contributed by atoms with van der Waals surface area (Å²) in [6, 6.07) is 3.70. The molecule has 0 aromatic carbocycles. The Morgan fingerprint density at radius 3 is 2.72 bits per heavy atom. The van der Waals surface area contributed by atoms with Crippen LogP contribution in [-0.4, -0.2) is 64.6 Å². The van der Waals surface area contributed by atoms with Gasteiger partial charge in [0.05, 0.1) is 18.5 Å². The predicted molar refractivity (Wildman–Crippen MR) is 94.1 cm³/mol. The third-order valence-electron chi connectivity index (χ3n) is 3.73. The Bertz CT molecular complexity index is 728. The number of aromatic nitrogens is 2. The molecule has 0 spiro atoms. The van der Waals surface area contributed by atoms with Crippen LogP contribution in [0, 0.1) is 0 Å². The second-order valence-electron chi connectivity index (χ2n) is 5.38. The zero-order chi connectivity index (χ0) is 17.6. The summed E-state index contributed by atoms with van der Waals surface area (Å²) in [6.45, 7) is 4.01. The van der Waals surface area contributed by atoms with Crippen LogP contribution in [0.4, 0.5) is 15.6 Å². The zero-order valence-corrected chi connectivity index (χ0v) is 14.7. The van der Waals surface area contributed by atoms with Crippen LogP contribution in [-0.2, 0) is 4.74 Å². The second kappa shape index (κ2) is 7.93. The monoisotopic (exact) mass is 361 g/mol. The smallest absolute Gasteiger partial charge is 0.409 e. The minimum absolute atomic E-state index is 0.126. The van der Waals surface area contributed by atoms with Gasteiger partial charge in [-0.15, -0.1) is 11.3 Å². The summed E-state index contributed by atoms with van der Waals surface area (Å²) < 4.78 is 4.98. The lowest BCUT2D eigenvalue weighted by Gasteiger charge is -2.33. The summed E-state index contributed by atoms with van der Waals surface area (Å²) in [6.07, 6.45) is 3.06. The molecular weight excluding hydrogens is 342 g/mol. The normalized spacial score (nSPS) is 14.3. The molecule has 0 saturated carbocycles. The van der Waals surface area contributed by atoms with Crippen LogP contribution < -0.4 is 5.32 Å². The van der Waals surface area contributed by atoms with Gasteiger partial charge in [0.1, 0.15) is 5.69 Å². The first-order valence-corrected chi connectivity index (χ1v) is 8.89. The Kier molecular flexibility index (Phi) is 5.44. The van der Waals surface area contributed by atoms with E-state index in [4.69, 9.17) is 4.74 Å². The van der Waals surface area contributed by atoms with Gasteiger partial charge in [0.15, 0.2) is 5.13 Å². The molecule has 25 heavy (non-hydrogen) atoms. The lowest BCUT2D eigenvalue weighted by Crippen LogP contribution is -2.50. The van der Waals surface area contributed by atoms with Crippen molar-refractivity contribution in [2.24, 2.45) is 0 Å². The molecule has 9 heteroatoms. The second-order valence-corrected chi connectivity index (χ2v) is 6.24. The third kappa shape index (κ3) is 4.24. The molecule has 1 fully saturated rings. The molecule has 0 unspecified atom stereocenters. The number of nitrogens with one attached hydrogen (secondary N) is 1. The highest BCUT2D eigenvalue weighted by atomic mass is 32.1. The average Bonchev–Trinajstić information content (AvgIpc) is 3.11. The average molecular weight is 361 g/mol. The quantitative estimate of drug-likeness (QED) is 0.898. The Balaban J connectivity index is 1.56. The SMILES string of the molecule is CCOC(=O)N1CCN(C(=O)c2csc(Nc3cccnc3)n2)CC1. The van der Waals surface area contributed by atoms with E-state index in [9.17, 15) is 9.59 Å². The summed E-state index contributed by atoms with van der Waals surface area (Å²) in [4.78, 5) is 36.0. The van der Waals surface area contributed by atoms with E-state index >= 15 is 0 Å². The largest absolute Gasteiger partial charge is 0.450 e. The summed E-state index contributed by atoms with van der Waals surface area (Å²) in [5.41, 5.74) is 1.22. The summed E-state index contributed by atoms with van der Waals surface area (Å²) in [7, 11) is 0. The molecule has 2 amide bonds. The van der Waals surface area contributed by atoms with E-state index in [0.29, 0.717) is 43.6 Å². The van der Waals surface area contributed by atoms with Crippen molar-refractivity contribution in [3.63, 3.8) is 0 Å². The van der Waals surface area contributed by atoms with Crippen LogP contribution in [0.5, 0.6) is 0 Å². The van der Waals surface area contributed by atoms with Crippen molar-refractivity contribution >= 4 is 34.2 Å². The number of piperazine rings is 1. The Morgan fingerprint density at radius 1 is 1.28 bits per heavy atom. The van der Waals surface area contributed by atoms with E-state index in [1.54, 1.807) is 34.5 Å². The van der Waals surface area contributed by atoms with Gasteiger partial charge in [0, 0.05) is 37.8 Å². The fourth-order valence-corrected chi connectivity index (χ4v) is 3.16. The van der Waals surface area contributed by atoms with Crippen LogP contribution in [0.2, 0.25) is 0 Å². The minimum Gasteiger partial charge on any atom is -0.450 e. The van der Waals surface area contributed by atoms with Crippen LogP contribution in [0.3, 0.4) is 0 Å². The summed E-state index contributed by atoms with van der Waals surface area (Å²) >= 11 is 1.37. The Morgan fingerprint density at radius 2 is 2.04 bits per heavy atom. The fourth-order valence-electron chi connectivity index (χ4n) is 2.46. The number of pyridine rings is 1. The molecule has 1 N–H and O–H groups in total. The van der Waals surface area contributed by atoms with Gasteiger partial charge in [-0.2, -0.15) is 0 Å². The summed E-state index contributed by atoms with van der Waals surface area (Å²) in [5, 5.41) is 5.50.